The molecule has 0 spiro atoms. The van der Waals surface area contributed by atoms with Gasteiger partial charge in [-0.2, -0.15) is 0 Å². The van der Waals surface area contributed by atoms with E-state index in [1.54, 1.807) is 7.11 Å². The SMILES string of the molecule is CCC(OC(N)=O)C(OCOC)c1ccccc1C. The third-order valence-electron chi connectivity index (χ3n) is 2.87. The molecule has 0 heterocycles. The van der Waals surface area contributed by atoms with Crippen molar-refractivity contribution < 1.29 is 19.0 Å². The van der Waals surface area contributed by atoms with E-state index in [0.717, 1.165) is 11.1 Å². The topological polar surface area (TPSA) is 70.8 Å². The second-order valence-electron chi connectivity index (χ2n) is 4.23. The van der Waals surface area contributed by atoms with Crippen LogP contribution >= 0.6 is 0 Å². The largest absolute Gasteiger partial charge is 0.443 e. The van der Waals surface area contributed by atoms with Crippen LogP contribution in [0.5, 0.6) is 0 Å². The second kappa shape index (κ2) is 7.76. The van der Waals surface area contributed by atoms with Crippen LogP contribution in [-0.2, 0) is 14.2 Å². The molecule has 0 saturated heterocycles. The van der Waals surface area contributed by atoms with Crippen molar-refractivity contribution in [1.29, 1.82) is 0 Å². The summed E-state index contributed by atoms with van der Waals surface area (Å²) in [6.07, 6.45) is -1.02. The van der Waals surface area contributed by atoms with Crippen LogP contribution in [0.1, 0.15) is 30.6 Å². The van der Waals surface area contributed by atoms with Crippen LogP contribution < -0.4 is 5.73 Å². The van der Waals surface area contributed by atoms with Gasteiger partial charge in [-0.3, -0.25) is 0 Å². The molecule has 0 saturated carbocycles. The molecule has 1 amide bonds. The predicted octanol–water partition coefficient (Wildman–Crippen LogP) is 2.53. The van der Waals surface area contributed by atoms with E-state index in [1.165, 1.54) is 0 Å². The smallest absolute Gasteiger partial charge is 0.404 e. The summed E-state index contributed by atoms with van der Waals surface area (Å²) in [4.78, 5) is 11.0. The van der Waals surface area contributed by atoms with Crippen molar-refractivity contribution >= 4 is 6.09 Å². The molecule has 1 aromatic rings. The molecule has 2 atom stereocenters. The Morgan fingerprint density at radius 3 is 2.58 bits per heavy atom. The van der Waals surface area contributed by atoms with Gasteiger partial charge in [0, 0.05) is 7.11 Å². The molecule has 2 N–H and O–H groups in total. The summed E-state index contributed by atoms with van der Waals surface area (Å²) in [5.74, 6) is 0. The first-order valence-corrected chi connectivity index (χ1v) is 6.22. The minimum Gasteiger partial charge on any atom is -0.443 e. The highest BCUT2D eigenvalue weighted by atomic mass is 16.7. The maximum atomic E-state index is 11.0. The standard InChI is InChI=1S/C14H21NO4/c1-4-12(19-14(15)16)13(18-9-17-3)11-8-6-5-7-10(11)2/h5-8,12-13H,4,9H2,1-3H3,(H2,15,16). The molecular weight excluding hydrogens is 246 g/mol. The van der Waals surface area contributed by atoms with Crippen LogP contribution in [-0.4, -0.2) is 26.1 Å². The lowest BCUT2D eigenvalue weighted by Crippen LogP contribution is -2.30. The number of methoxy groups -OCH3 is 1. The highest BCUT2D eigenvalue weighted by molar-refractivity contribution is 5.64. The van der Waals surface area contributed by atoms with Crippen molar-refractivity contribution in [1.82, 2.24) is 0 Å². The molecule has 0 aromatic heterocycles. The Labute approximate surface area is 113 Å². The highest BCUT2D eigenvalue weighted by Crippen LogP contribution is 2.28. The van der Waals surface area contributed by atoms with Crippen molar-refractivity contribution in [3.8, 4) is 0 Å². The van der Waals surface area contributed by atoms with Gasteiger partial charge in [0.05, 0.1) is 0 Å². The molecule has 5 heteroatoms. The van der Waals surface area contributed by atoms with Gasteiger partial charge < -0.3 is 19.9 Å². The molecule has 0 aliphatic carbocycles. The number of ether oxygens (including phenoxy) is 3. The quantitative estimate of drug-likeness (QED) is 0.771. The third-order valence-corrected chi connectivity index (χ3v) is 2.87. The Balaban J connectivity index is 2.98. The lowest BCUT2D eigenvalue weighted by Gasteiger charge is -2.27. The van der Waals surface area contributed by atoms with E-state index < -0.39 is 18.3 Å². The average molecular weight is 267 g/mol. The van der Waals surface area contributed by atoms with Gasteiger partial charge in [0.15, 0.2) is 0 Å². The molecule has 106 valence electrons. The van der Waals surface area contributed by atoms with Crippen molar-refractivity contribution in [2.75, 3.05) is 13.9 Å². The van der Waals surface area contributed by atoms with Gasteiger partial charge in [0.1, 0.15) is 19.0 Å². The lowest BCUT2D eigenvalue weighted by atomic mass is 9.98. The first-order valence-electron chi connectivity index (χ1n) is 6.22. The summed E-state index contributed by atoms with van der Waals surface area (Å²) in [5, 5.41) is 0. The maximum Gasteiger partial charge on any atom is 0.404 e. The zero-order chi connectivity index (χ0) is 14.3. The molecule has 2 unspecified atom stereocenters. The van der Waals surface area contributed by atoms with Crippen LogP contribution in [0.25, 0.3) is 0 Å². The average Bonchev–Trinajstić information content (AvgIpc) is 2.39. The van der Waals surface area contributed by atoms with E-state index >= 15 is 0 Å². The number of rotatable bonds is 7. The van der Waals surface area contributed by atoms with Crippen LogP contribution in [0.15, 0.2) is 24.3 Å². The summed E-state index contributed by atoms with van der Waals surface area (Å²) < 4.78 is 15.7. The molecule has 0 bridgehead atoms. The molecule has 1 rings (SSSR count). The molecule has 19 heavy (non-hydrogen) atoms. The number of nitrogens with two attached hydrogens (primary N) is 1. The first-order chi connectivity index (χ1) is 9.10. The highest BCUT2D eigenvalue weighted by Gasteiger charge is 2.26. The lowest BCUT2D eigenvalue weighted by molar-refractivity contribution is -0.116. The van der Waals surface area contributed by atoms with Crippen molar-refractivity contribution in [2.45, 2.75) is 32.5 Å². The number of hydrogen-bond acceptors (Lipinski definition) is 4. The van der Waals surface area contributed by atoms with E-state index in [-0.39, 0.29) is 6.79 Å². The number of amides is 1. The van der Waals surface area contributed by atoms with Gasteiger partial charge in [-0.15, -0.1) is 0 Å². The zero-order valence-electron chi connectivity index (χ0n) is 11.6. The number of aryl methyl sites for hydroxylation is 1. The Bertz CT molecular complexity index is 408. The van der Waals surface area contributed by atoms with E-state index in [1.807, 2.05) is 38.1 Å². The summed E-state index contributed by atoms with van der Waals surface area (Å²) in [6, 6.07) is 7.79. The normalized spacial score (nSPS) is 13.8. The minimum atomic E-state index is -0.800. The molecule has 0 aliphatic heterocycles. The van der Waals surface area contributed by atoms with E-state index in [2.05, 4.69) is 0 Å². The van der Waals surface area contributed by atoms with Crippen LogP contribution in [0.3, 0.4) is 0 Å². The molecule has 0 aliphatic rings. The number of carbonyl (C=O) groups excluding carboxylic acids is 1. The predicted molar refractivity (Wildman–Crippen MR) is 71.6 cm³/mol. The van der Waals surface area contributed by atoms with Gasteiger partial charge in [0.25, 0.3) is 0 Å². The maximum absolute atomic E-state index is 11.0. The van der Waals surface area contributed by atoms with Crippen LogP contribution in [0.2, 0.25) is 0 Å². The van der Waals surface area contributed by atoms with E-state index in [0.29, 0.717) is 6.42 Å². The summed E-state index contributed by atoms with van der Waals surface area (Å²) in [7, 11) is 1.55. The number of benzene rings is 1. The molecular formula is C14H21NO4. The van der Waals surface area contributed by atoms with Crippen molar-refractivity contribution in [2.24, 2.45) is 5.73 Å². The Morgan fingerprint density at radius 2 is 2.05 bits per heavy atom. The van der Waals surface area contributed by atoms with Crippen LogP contribution in [0, 0.1) is 6.92 Å². The minimum absolute atomic E-state index is 0.123. The van der Waals surface area contributed by atoms with Gasteiger partial charge >= 0.3 is 6.09 Å². The third kappa shape index (κ3) is 4.54. The van der Waals surface area contributed by atoms with Crippen LogP contribution in [0.4, 0.5) is 4.79 Å². The molecule has 0 radical (unpaired) electrons. The number of hydrogen-bond donors (Lipinski definition) is 1. The van der Waals surface area contributed by atoms with Gasteiger partial charge in [-0.25, -0.2) is 4.79 Å². The Hall–Kier alpha value is -1.59. The summed E-state index contributed by atoms with van der Waals surface area (Å²) in [6.45, 7) is 4.02. The fourth-order valence-corrected chi connectivity index (χ4v) is 1.95. The summed E-state index contributed by atoms with van der Waals surface area (Å²) in [5.41, 5.74) is 7.13. The van der Waals surface area contributed by atoms with Crippen molar-refractivity contribution in [3.05, 3.63) is 35.4 Å². The summed E-state index contributed by atoms with van der Waals surface area (Å²) >= 11 is 0. The first kappa shape index (κ1) is 15.5. The van der Waals surface area contributed by atoms with Gasteiger partial charge in [0.2, 0.25) is 0 Å². The fourth-order valence-electron chi connectivity index (χ4n) is 1.95. The van der Waals surface area contributed by atoms with E-state index in [4.69, 9.17) is 19.9 Å². The number of carbonyl (C=O) groups is 1. The molecule has 1 aromatic carbocycles. The van der Waals surface area contributed by atoms with E-state index in [9.17, 15) is 4.79 Å². The molecule has 5 nitrogen and oxygen atoms in total. The van der Waals surface area contributed by atoms with Gasteiger partial charge in [-0.1, -0.05) is 31.2 Å². The zero-order valence-corrected chi connectivity index (χ0v) is 11.6. The van der Waals surface area contributed by atoms with Gasteiger partial charge in [-0.05, 0) is 24.5 Å². The monoisotopic (exact) mass is 267 g/mol. The Kier molecular flexibility index (Phi) is 6.32. The Morgan fingerprint density at radius 1 is 1.37 bits per heavy atom. The van der Waals surface area contributed by atoms with Crippen molar-refractivity contribution in [3.63, 3.8) is 0 Å². The fraction of sp³-hybridized carbons (Fsp3) is 0.500. The number of primary amides is 1. The second-order valence-corrected chi connectivity index (χ2v) is 4.23. The molecule has 0 fully saturated rings.